The van der Waals surface area contributed by atoms with Crippen molar-refractivity contribution in [1.82, 2.24) is 15.2 Å². The molecule has 3 aliphatic heterocycles. The number of pyridine rings is 1. The van der Waals surface area contributed by atoms with Crippen molar-refractivity contribution in [2.45, 2.75) is 18.9 Å². The average Bonchev–Trinajstić information content (AvgIpc) is 3.05. The number of amides is 1. The first-order chi connectivity index (χ1) is 11.2. The minimum absolute atomic E-state index is 0.0828. The van der Waals surface area contributed by atoms with Crippen LogP contribution in [0, 0.1) is 5.92 Å². The van der Waals surface area contributed by atoms with Crippen LogP contribution in [-0.2, 0) is 0 Å². The third-order valence-corrected chi connectivity index (χ3v) is 5.96. The second-order valence-corrected chi connectivity index (χ2v) is 8.31. The predicted octanol–water partition coefficient (Wildman–Crippen LogP) is 3.42. The molecule has 122 valence electrons. The Balaban J connectivity index is 0.000000220. The van der Waals surface area contributed by atoms with Gasteiger partial charge in [-0.15, -0.1) is 11.3 Å². The second-order valence-electron chi connectivity index (χ2n) is 5.85. The van der Waals surface area contributed by atoms with Crippen LogP contribution in [0.4, 0.5) is 0 Å². The number of halogens is 1. The average molecular weight is 394 g/mol. The Labute approximate surface area is 149 Å². The van der Waals surface area contributed by atoms with Gasteiger partial charge < -0.3 is 10.2 Å². The maximum Gasteiger partial charge on any atom is 0.261 e. The van der Waals surface area contributed by atoms with E-state index in [1.807, 2.05) is 30.3 Å². The molecular weight excluding hydrogens is 374 g/mol. The van der Waals surface area contributed by atoms with Crippen LogP contribution in [0.5, 0.6) is 0 Å². The smallest absolute Gasteiger partial charge is 0.261 e. The molecule has 5 heterocycles. The number of hydrogen-bond donors (Lipinski definition) is 1. The highest BCUT2D eigenvalue weighted by atomic mass is 79.9. The normalized spacial score (nSPS) is 25.3. The Morgan fingerprint density at radius 3 is 2.39 bits per heavy atom. The van der Waals surface area contributed by atoms with Gasteiger partial charge in [0.25, 0.3) is 5.91 Å². The number of piperidine rings is 3. The molecule has 0 saturated carbocycles. The summed E-state index contributed by atoms with van der Waals surface area (Å²) in [7, 11) is 0. The summed E-state index contributed by atoms with van der Waals surface area (Å²) >= 11 is 4.88. The molecule has 0 aliphatic carbocycles. The first-order valence-corrected chi connectivity index (χ1v) is 9.47. The maximum atomic E-state index is 12.1. The Kier molecular flexibility index (Phi) is 5.80. The molecule has 2 bridgehead atoms. The summed E-state index contributed by atoms with van der Waals surface area (Å²) in [6.07, 6.45) is 5.97. The Morgan fingerprint density at radius 2 is 1.96 bits per heavy atom. The number of carbonyl (C=O) groups is 1. The summed E-state index contributed by atoms with van der Waals surface area (Å²) in [4.78, 5) is 19.1. The van der Waals surface area contributed by atoms with Crippen molar-refractivity contribution in [3.05, 3.63) is 51.4 Å². The first kappa shape index (κ1) is 16.6. The molecular formula is C17H20BrN3OS. The largest absolute Gasteiger partial charge is 0.347 e. The van der Waals surface area contributed by atoms with Crippen molar-refractivity contribution in [2.75, 3.05) is 19.6 Å². The number of fused-ring (bicyclic) bond motifs is 3. The first-order valence-electron chi connectivity index (χ1n) is 7.86. The van der Waals surface area contributed by atoms with Crippen LogP contribution in [0.3, 0.4) is 0 Å². The Hall–Kier alpha value is -1.24. The van der Waals surface area contributed by atoms with Crippen molar-refractivity contribution >= 4 is 33.2 Å². The molecule has 3 fully saturated rings. The molecule has 3 aliphatic rings. The number of thiophene rings is 1. The van der Waals surface area contributed by atoms with Crippen molar-refractivity contribution in [3.63, 3.8) is 0 Å². The third-order valence-electron chi connectivity index (χ3n) is 4.34. The number of nitrogens with zero attached hydrogens (tertiary/aromatic N) is 2. The van der Waals surface area contributed by atoms with Crippen molar-refractivity contribution in [3.8, 4) is 0 Å². The minimum Gasteiger partial charge on any atom is -0.347 e. The summed E-state index contributed by atoms with van der Waals surface area (Å²) in [6.45, 7) is 3.45. The predicted molar refractivity (Wildman–Crippen MR) is 96.7 cm³/mol. The maximum absolute atomic E-state index is 12.1. The Bertz CT molecular complexity index is 599. The van der Waals surface area contributed by atoms with E-state index in [4.69, 9.17) is 0 Å². The lowest BCUT2D eigenvalue weighted by Gasteiger charge is -2.44. The van der Waals surface area contributed by atoms with Gasteiger partial charge in [-0.05, 0) is 72.0 Å². The van der Waals surface area contributed by atoms with Gasteiger partial charge in [0.1, 0.15) is 0 Å². The van der Waals surface area contributed by atoms with Crippen LogP contribution >= 0.6 is 27.3 Å². The van der Waals surface area contributed by atoms with E-state index in [0.717, 1.165) is 15.2 Å². The highest BCUT2D eigenvalue weighted by Gasteiger charge is 2.35. The fourth-order valence-electron chi connectivity index (χ4n) is 3.12. The molecule has 23 heavy (non-hydrogen) atoms. The molecule has 0 aromatic carbocycles. The lowest BCUT2D eigenvalue weighted by atomic mass is 9.84. The molecule has 2 aromatic rings. The fourth-order valence-corrected chi connectivity index (χ4v) is 4.41. The van der Waals surface area contributed by atoms with E-state index in [-0.39, 0.29) is 5.91 Å². The monoisotopic (exact) mass is 393 g/mol. The highest BCUT2D eigenvalue weighted by Crippen LogP contribution is 2.28. The lowest BCUT2D eigenvalue weighted by molar-refractivity contribution is 0.0622. The highest BCUT2D eigenvalue weighted by molar-refractivity contribution is 9.11. The fraction of sp³-hybridized carbons (Fsp3) is 0.412. The molecule has 5 rings (SSSR count). The Morgan fingerprint density at radius 1 is 1.22 bits per heavy atom. The van der Waals surface area contributed by atoms with Crippen LogP contribution < -0.4 is 5.32 Å². The summed E-state index contributed by atoms with van der Waals surface area (Å²) in [6, 6.07) is 9.88. The molecule has 1 atom stereocenters. The molecule has 4 nitrogen and oxygen atoms in total. The number of carbonyl (C=O) groups excluding carboxylic acids is 1. The molecule has 1 N–H and O–H groups in total. The number of nitrogens with one attached hydrogen (secondary N) is 1. The number of hydrogen-bond acceptors (Lipinski definition) is 4. The van der Waals surface area contributed by atoms with Crippen LogP contribution in [0.2, 0.25) is 0 Å². The van der Waals surface area contributed by atoms with Crippen molar-refractivity contribution in [1.29, 1.82) is 0 Å². The molecule has 2 aromatic heterocycles. The molecule has 0 spiro atoms. The molecule has 3 saturated heterocycles. The summed E-state index contributed by atoms with van der Waals surface area (Å²) in [5.74, 6) is 0.770. The topological polar surface area (TPSA) is 45.2 Å². The van der Waals surface area contributed by atoms with Crippen LogP contribution in [0.15, 0.2) is 46.5 Å². The zero-order valence-electron chi connectivity index (χ0n) is 12.8. The van der Waals surface area contributed by atoms with Gasteiger partial charge in [-0.25, -0.2) is 0 Å². The third kappa shape index (κ3) is 4.62. The zero-order chi connectivity index (χ0) is 16.1. The SMILES string of the molecule is O=C(N[C@H]1CN2CCC1CC2)c1ccc(Br)s1.c1ccncc1. The summed E-state index contributed by atoms with van der Waals surface area (Å²) in [5, 5.41) is 3.19. The van der Waals surface area contributed by atoms with E-state index < -0.39 is 0 Å². The van der Waals surface area contributed by atoms with Gasteiger partial charge in [0.15, 0.2) is 0 Å². The molecule has 0 radical (unpaired) electrons. The molecule has 6 heteroatoms. The molecule has 1 amide bonds. The van der Waals surface area contributed by atoms with E-state index in [1.165, 1.54) is 37.3 Å². The van der Waals surface area contributed by atoms with Gasteiger partial charge in [-0.2, -0.15) is 0 Å². The lowest BCUT2D eigenvalue weighted by Crippen LogP contribution is -2.57. The second kappa shape index (κ2) is 8.04. The molecule has 0 unspecified atom stereocenters. The van der Waals surface area contributed by atoms with Gasteiger partial charge in [0.2, 0.25) is 0 Å². The van der Waals surface area contributed by atoms with Crippen molar-refractivity contribution in [2.24, 2.45) is 5.92 Å². The minimum atomic E-state index is 0.0828. The van der Waals surface area contributed by atoms with Crippen molar-refractivity contribution < 1.29 is 4.79 Å². The summed E-state index contributed by atoms with van der Waals surface area (Å²) in [5.41, 5.74) is 0. The van der Waals surface area contributed by atoms with Gasteiger partial charge in [-0.1, -0.05) is 6.07 Å². The number of aromatic nitrogens is 1. The summed E-state index contributed by atoms with van der Waals surface area (Å²) < 4.78 is 1.01. The van der Waals surface area contributed by atoms with E-state index in [0.29, 0.717) is 12.0 Å². The van der Waals surface area contributed by atoms with E-state index in [1.54, 1.807) is 12.4 Å². The van der Waals surface area contributed by atoms with Gasteiger partial charge in [0, 0.05) is 25.0 Å². The number of rotatable bonds is 2. The standard InChI is InChI=1S/C12H15BrN2OS.C5H5N/c13-11-2-1-10(17-11)12(16)14-9-7-15-5-3-8(9)4-6-15;1-2-4-6-5-3-1/h1-2,8-9H,3-7H2,(H,14,16);1-5H/t9-;/m0./s1. The van der Waals surface area contributed by atoms with Crippen LogP contribution in [-0.4, -0.2) is 41.5 Å². The van der Waals surface area contributed by atoms with E-state index >= 15 is 0 Å². The zero-order valence-corrected chi connectivity index (χ0v) is 15.2. The van der Waals surface area contributed by atoms with E-state index in [2.05, 4.69) is 31.1 Å². The van der Waals surface area contributed by atoms with Gasteiger partial charge in [-0.3, -0.25) is 9.78 Å². The van der Waals surface area contributed by atoms with Crippen LogP contribution in [0.25, 0.3) is 0 Å². The van der Waals surface area contributed by atoms with Crippen LogP contribution in [0.1, 0.15) is 22.5 Å². The van der Waals surface area contributed by atoms with E-state index in [9.17, 15) is 4.79 Å². The quantitative estimate of drug-likeness (QED) is 0.849. The van der Waals surface area contributed by atoms with Gasteiger partial charge in [0.05, 0.1) is 8.66 Å². The van der Waals surface area contributed by atoms with Gasteiger partial charge >= 0.3 is 0 Å².